The first-order valence-corrected chi connectivity index (χ1v) is 12.3. The fourth-order valence-corrected chi connectivity index (χ4v) is 4.78. The molecule has 4 rings (SSSR count). The molecule has 5 heteroatoms. The standard InChI is InChI=1S/C28H35N3O2/c1-3-17-31(18-4-2)28(33)21-14-12-20(13-15-21)26-19-23(22-9-5-6-10-24(22)30-26)27(32)25-11-7-8-16-29-25/h5-6,9-10,12-15,19,25,27,29,32H,3-4,7-8,11,16-18H2,1-2H3/t25?,27-/m0/s1. The van der Waals surface area contributed by atoms with E-state index >= 15 is 0 Å². The first kappa shape index (κ1) is 23.4. The molecule has 0 saturated carbocycles. The number of piperidine rings is 1. The van der Waals surface area contributed by atoms with E-state index in [1.54, 1.807) is 0 Å². The van der Waals surface area contributed by atoms with Crippen LogP contribution in [0.5, 0.6) is 0 Å². The molecule has 1 fully saturated rings. The first-order valence-electron chi connectivity index (χ1n) is 12.3. The molecule has 1 aliphatic rings. The van der Waals surface area contributed by atoms with Gasteiger partial charge in [0.2, 0.25) is 0 Å². The smallest absolute Gasteiger partial charge is 0.253 e. The Bertz CT molecular complexity index is 1070. The van der Waals surface area contributed by atoms with Gasteiger partial charge in [0.05, 0.1) is 17.3 Å². The van der Waals surface area contributed by atoms with Crippen LogP contribution in [-0.2, 0) is 0 Å². The Morgan fingerprint density at radius 3 is 2.48 bits per heavy atom. The second-order valence-electron chi connectivity index (χ2n) is 8.98. The maximum atomic E-state index is 12.9. The molecule has 1 saturated heterocycles. The van der Waals surface area contributed by atoms with Crippen molar-refractivity contribution >= 4 is 16.8 Å². The van der Waals surface area contributed by atoms with E-state index in [4.69, 9.17) is 4.98 Å². The van der Waals surface area contributed by atoms with Gasteiger partial charge in [0, 0.05) is 35.6 Å². The van der Waals surface area contributed by atoms with Crippen molar-refractivity contribution in [3.63, 3.8) is 0 Å². The lowest BCUT2D eigenvalue weighted by molar-refractivity contribution is 0.0755. The summed E-state index contributed by atoms with van der Waals surface area (Å²) in [5.74, 6) is 0.0798. The van der Waals surface area contributed by atoms with E-state index in [1.165, 1.54) is 0 Å². The van der Waals surface area contributed by atoms with E-state index in [-0.39, 0.29) is 11.9 Å². The number of nitrogens with zero attached hydrogens (tertiary/aromatic N) is 2. The number of nitrogens with one attached hydrogen (secondary N) is 1. The number of carbonyl (C=O) groups is 1. The fraction of sp³-hybridized carbons (Fsp3) is 0.429. The summed E-state index contributed by atoms with van der Waals surface area (Å²) in [7, 11) is 0. The Morgan fingerprint density at radius 2 is 1.82 bits per heavy atom. The maximum absolute atomic E-state index is 12.9. The van der Waals surface area contributed by atoms with E-state index in [9.17, 15) is 9.90 Å². The quantitative estimate of drug-likeness (QED) is 0.491. The van der Waals surface area contributed by atoms with Gasteiger partial charge in [-0.1, -0.05) is 50.6 Å². The third kappa shape index (κ3) is 5.26. The predicted octanol–water partition coefficient (Wildman–Crippen LogP) is 5.34. The van der Waals surface area contributed by atoms with Gasteiger partial charge in [-0.15, -0.1) is 0 Å². The highest BCUT2D eigenvalue weighted by atomic mass is 16.3. The van der Waals surface area contributed by atoms with Crippen molar-refractivity contribution in [1.82, 2.24) is 15.2 Å². The first-order chi connectivity index (χ1) is 16.1. The Balaban J connectivity index is 1.66. The van der Waals surface area contributed by atoms with E-state index in [2.05, 4.69) is 19.2 Å². The molecule has 2 aromatic carbocycles. The number of aliphatic hydroxyl groups is 1. The number of fused-ring (bicyclic) bond motifs is 1. The van der Waals surface area contributed by atoms with Crippen molar-refractivity contribution in [2.75, 3.05) is 19.6 Å². The molecular formula is C28H35N3O2. The lowest BCUT2D eigenvalue weighted by Crippen LogP contribution is -2.38. The molecule has 3 aromatic rings. The highest BCUT2D eigenvalue weighted by molar-refractivity contribution is 5.95. The van der Waals surface area contributed by atoms with Gasteiger partial charge >= 0.3 is 0 Å². The van der Waals surface area contributed by atoms with E-state index in [1.807, 2.05) is 59.5 Å². The number of carbonyl (C=O) groups excluding carboxylic acids is 1. The lowest BCUT2D eigenvalue weighted by atomic mass is 9.92. The average molecular weight is 446 g/mol. The van der Waals surface area contributed by atoms with Crippen molar-refractivity contribution in [1.29, 1.82) is 0 Å². The van der Waals surface area contributed by atoms with Crippen LogP contribution in [0, 0.1) is 0 Å². The number of aromatic nitrogens is 1. The number of rotatable bonds is 8. The molecule has 33 heavy (non-hydrogen) atoms. The molecule has 2 N–H and O–H groups in total. The van der Waals surface area contributed by atoms with Crippen LogP contribution in [0.15, 0.2) is 54.6 Å². The number of amides is 1. The van der Waals surface area contributed by atoms with E-state index < -0.39 is 6.10 Å². The Labute approximate surface area is 196 Å². The molecular weight excluding hydrogens is 410 g/mol. The van der Waals surface area contributed by atoms with Gasteiger partial charge < -0.3 is 15.3 Å². The third-order valence-electron chi connectivity index (χ3n) is 6.50. The van der Waals surface area contributed by atoms with Gasteiger partial charge in [-0.05, 0) is 62.1 Å². The van der Waals surface area contributed by atoms with Crippen LogP contribution in [0.2, 0.25) is 0 Å². The normalized spacial score (nSPS) is 17.1. The Hall–Kier alpha value is -2.76. The second-order valence-corrected chi connectivity index (χ2v) is 8.98. The van der Waals surface area contributed by atoms with Crippen molar-refractivity contribution in [3.8, 4) is 11.3 Å². The van der Waals surface area contributed by atoms with Gasteiger partial charge in [0.25, 0.3) is 5.91 Å². The summed E-state index contributed by atoms with van der Waals surface area (Å²) in [6.07, 6.45) is 4.57. The highest BCUT2D eigenvalue weighted by Gasteiger charge is 2.25. The van der Waals surface area contributed by atoms with Crippen LogP contribution in [0.1, 0.15) is 68.0 Å². The number of hydrogen-bond acceptors (Lipinski definition) is 4. The minimum Gasteiger partial charge on any atom is -0.387 e. The summed E-state index contributed by atoms with van der Waals surface area (Å²) in [4.78, 5) is 19.7. The largest absolute Gasteiger partial charge is 0.387 e. The molecule has 174 valence electrons. The van der Waals surface area contributed by atoms with Crippen molar-refractivity contribution in [2.24, 2.45) is 0 Å². The molecule has 2 atom stereocenters. The lowest BCUT2D eigenvalue weighted by Gasteiger charge is -2.29. The Morgan fingerprint density at radius 1 is 1.09 bits per heavy atom. The zero-order valence-corrected chi connectivity index (χ0v) is 19.8. The molecule has 1 aliphatic heterocycles. The van der Waals surface area contributed by atoms with Crippen LogP contribution < -0.4 is 5.32 Å². The maximum Gasteiger partial charge on any atom is 0.253 e. The van der Waals surface area contributed by atoms with Crippen LogP contribution in [0.25, 0.3) is 22.2 Å². The number of pyridine rings is 1. The van der Waals surface area contributed by atoms with Crippen molar-refractivity contribution in [2.45, 2.75) is 58.1 Å². The van der Waals surface area contributed by atoms with E-state index in [0.29, 0.717) is 5.56 Å². The van der Waals surface area contributed by atoms with Gasteiger partial charge in [-0.2, -0.15) is 0 Å². The SMILES string of the molecule is CCCN(CCC)C(=O)c1ccc(-c2cc([C@H](O)C3CCCCN3)c3ccccc3n2)cc1. The number of para-hydroxylation sites is 1. The molecule has 0 bridgehead atoms. The minimum atomic E-state index is -0.588. The molecule has 2 heterocycles. The summed E-state index contributed by atoms with van der Waals surface area (Å²) >= 11 is 0. The monoisotopic (exact) mass is 445 g/mol. The van der Waals surface area contributed by atoms with Gasteiger partial charge in [0.15, 0.2) is 0 Å². The zero-order valence-electron chi connectivity index (χ0n) is 19.8. The molecule has 0 radical (unpaired) electrons. The summed E-state index contributed by atoms with van der Waals surface area (Å²) in [5, 5.41) is 15.7. The topological polar surface area (TPSA) is 65.5 Å². The summed E-state index contributed by atoms with van der Waals surface area (Å²) < 4.78 is 0. The summed E-state index contributed by atoms with van der Waals surface area (Å²) in [6, 6.07) is 17.8. The second kappa shape index (κ2) is 10.9. The minimum absolute atomic E-state index is 0.0560. The predicted molar refractivity (Wildman–Crippen MR) is 134 cm³/mol. The average Bonchev–Trinajstić information content (AvgIpc) is 2.87. The van der Waals surface area contributed by atoms with Crippen LogP contribution >= 0.6 is 0 Å². The van der Waals surface area contributed by atoms with Crippen molar-refractivity contribution < 1.29 is 9.90 Å². The third-order valence-corrected chi connectivity index (χ3v) is 6.50. The van der Waals surface area contributed by atoms with Gasteiger partial charge in [0.1, 0.15) is 0 Å². The Kier molecular flexibility index (Phi) is 7.73. The molecule has 5 nitrogen and oxygen atoms in total. The zero-order chi connectivity index (χ0) is 23.2. The van der Waals surface area contributed by atoms with Crippen LogP contribution in [0.4, 0.5) is 0 Å². The van der Waals surface area contributed by atoms with Gasteiger partial charge in [-0.3, -0.25) is 4.79 Å². The number of benzene rings is 2. The number of hydrogen-bond donors (Lipinski definition) is 2. The van der Waals surface area contributed by atoms with Crippen LogP contribution in [0.3, 0.4) is 0 Å². The number of aliphatic hydroxyl groups excluding tert-OH is 1. The fourth-order valence-electron chi connectivity index (χ4n) is 4.78. The highest BCUT2D eigenvalue weighted by Crippen LogP contribution is 2.32. The van der Waals surface area contributed by atoms with Gasteiger partial charge in [-0.25, -0.2) is 4.98 Å². The molecule has 0 aliphatic carbocycles. The van der Waals surface area contributed by atoms with E-state index in [0.717, 1.165) is 79.5 Å². The molecule has 1 amide bonds. The summed E-state index contributed by atoms with van der Waals surface area (Å²) in [5.41, 5.74) is 4.24. The van der Waals surface area contributed by atoms with Crippen molar-refractivity contribution in [3.05, 3.63) is 65.7 Å². The molecule has 1 aromatic heterocycles. The molecule has 1 unspecified atom stereocenters. The summed E-state index contributed by atoms with van der Waals surface area (Å²) in [6.45, 7) is 6.69. The molecule has 0 spiro atoms. The van der Waals surface area contributed by atoms with Crippen LogP contribution in [-0.4, -0.2) is 46.6 Å².